The van der Waals surface area contributed by atoms with Gasteiger partial charge < -0.3 is 4.57 Å². The van der Waals surface area contributed by atoms with Crippen molar-refractivity contribution in [3.63, 3.8) is 0 Å². The van der Waals surface area contributed by atoms with Crippen LogP contribution in [-0.2, 0) is 20.5 Å². The molecule has 0 aliphatic carbocycles. The van der Waals surface area contributed by atoms with E-state index in [-0.39, 0.29) is 0 Å². The van der Waals surface area contributed by atoms with Crippen molar-refractivity contribution in [1.29, 1.82) is 0 Å². The van der Waals surface area contributed by atoms with Crippen molar-refractivity contribution in [2.45, 2.75) is 38.8 Å². The first-order valence-electron chi connectivity index (χ1n) is 12.9. The predicted octanol–water partition coefficient (Wildman–Crippen LogP) is 1.01. The van der Waals surface area contributed by atoms with E-state index < -0.39 is 72.8 Å². The molecule has 2 aromatic heterocycles. The van der Waals surface area contributed by atoms with Gasteiger partial charge in [-0.3, -0.25) is 13.9 Å². The molecule has 104 valence electrons. The molecule has 0 saturated carbocycles. The fourth-order valence-corrected chi connectivity index (χ4v) is 1.46. The monoisotopic (exact) mass is 280 g/mol. The molecule has 2 aromatic rings. The molecule has 0 amide bonds. The number of hydrogen-bond donors (Lipinski definition) is 0. The predicted molar refractivity (Wildman–Crippen MR) is 74.4 cm³/mol. The lowest BCUT2D eigenvalue weighted by atomic mass is 10.2. The van der Waals surface area contributed by atoms with Crippen molar-refractivity contribution < 1.29 is 21.9 Å². The molecule has 19 heavy (non-hydrogen) atoms. The van der Waals surface area contributed by atoms with Crippen molar-refractivity contribution in [3.8, 4) is 0 Å². The van der Waals surface area contributed by atoms with Gasteiger partial charge in [-0.2, -0.15) is 0 Å². The van der Waals surface area contributed by atoms with Crippen molar-refractivity contribution in [2.24, 2.45) is 14.0 Å². The van der Waals surface area contributed by atoms with Crippen LogP contribution in [-0.4, -0.2) is 18.7 Å². The summed E-state index contributed by atoms with van der Waals surface area (Å²) in [4.78, 5) is 29.6. The highest BCUT2D eigenvalue weighted by atomic mass is 16.2. The van der Waals surface area contributed by atoms with E-state index >= 15 is 0 Å². The number of hydrogen-bond acceptors (Lipinski definition) is 3. The third-order valence-corrected chi connectivity index (χ3v) is 2.30. The highest BCUT2D eigenvalue weighted by molar-refractivity contribution is 5.69. The van der Waals surface area contributed by atoms with Gasteiger partial charge in [-0.1, -0.05) is 26.0 Å². The first-order valence-corrected chi connectivity index (χ1v) is 4.91. The molecule has 2 rings (SSSR count). The molecule has 0 N–H and O–H groups in total. The molecule has 0 aliphatic heterocycles. The molecule has 6 heteroatoms. The van der Waals surface area contributed by atoms with E-state index in [0.717, 1.165) is 7.05 Å². The van der Waals surface area contributed by atoms with Crippen LogP contribution in [0.1, 0.15) is 54.3 Å². The molecule has 0 bridgehead atoms. The summed E-state index contributed by atoms with van der Waals surface area (Å²) in [5.74, 6) is 0. The smallest absolute Gasteiger partial charge is 0.328 e. The van der Waals surface area contributed by atoms with E-state index in [2.05, 4.69) is 4.98 Å². The summed E-state index contributed by atoms with van der Waals surface area (Å²) in [5.41, 5.74) is -4.78. The van der Waals surface area contributed by atoms with Gasteiger partial charge in [0.1, 0.15) is 0 Å². The Balaban J connectivity index is 2.95. The lowest BCUT2D eigenvalue weighted by molar-refractivity contribution is 0.539. The number of imidazole rings is 1. The Kier molecular flexibility index (Phi) is 1.09. The first-order chi connectivity index (χ1) is 15.2. The molecule has 0 aliphatic rings. The zero-order valence-electron chi connectivity index (χ0n) is 25.7. The third kappa shape index (κ3) is 2.34. The third-order valence-electron chi connectivity index (χ3n) is 2.30. The Bertz CT molecular complexity index is 1260. The van der Waals surface area contributed by atoms with Crippen LogP contribution in [0, 0.1) is 0 Å². The first kappa shape index (κ1) is 3.84. The number of fused-ring (bicyclic) bond motifs is 1. The van der Waals surface area contributed by atoms with Crippen LogP contribution >= 0.6 is 0 Å². The topological polar surface area (TPSA) is 61.8 Å². The Morgan fingerprint density at radius 1 is 1.37 bits per heavy atom. The van der Waals surface area contributed by atoms with Gasteiger partial charge in [-0.25, -0.2) is 9.78 Å². The van der Waals surface area contributed by atoms with Crippen molar-refractivity contribution in [3.05, 3.63) is 27.2 Å². The maximum atomic E-state index is 13.1. The van der Waals surface area contributed by atoms with Crippen LogP contribution in [0.4, 0.5) is 0 Å². The van der Waals surface area contributed by atoms with Gasteiger partial charge in [0.05, 0.1) is 9.07 Å². The Labute approximate surface area is 133 Å². The average molecular weight is 280 g/mol. The minimum absolute atomic E-state index is 0.299. The molecule has 0 aromatic carbocycles. The molecule has 0 saturated heterocycles. The number of aryl methyl sites for hydroxylation is 2. The second kappa shape index (κ2) is 5.42. The number of nitrogens with zero attached hydrogens (tertiary/aromatic N) is 4. The lowest BCUT2D eigenvalue weighted by Gasteiger charge is -2.08. The quantitative estimate of drug-likeness (QED) is 0.821. The zero-order chi connectivity index (χ0) is 28.0. The Hall–Kier alpha value is -1.85. The van der Waals surface area contributed by atoms with Gasteiger partial charge in [-0.15, -0.1) is 0 Å². The molecule has 0 radical (unpaired) electrons. The Morgan fingerprint density at radius 3 is 2.95 bits per heavy atom. The van der Waals surface area contributed by atoms with Gasteiger partial charge in [0.25, 0.3) is 5.56 Å². The average Bonchev–Trinajstić information content (AvgIpc) is 3.10. The van der Waals surface area contributed by atoms with Crippen LogP contribution in [0.5, 0.6) is 0 Å². The minimum Gasteiger partial charge on any atom is -0.328 e. The van der Waals surface area contributed by atoms with Crippen molar-refractivity contribution in [1.82, 2.24) is 18.7 Å². The van der Waals surface area contributed by atoms with Gasteiger partial charge >= 0.3 is 5.69 Å². The van der Waals surface area contributed by atoms with E-state index in [4.69, 9.17) is 21.9 Å². The number of rotatable bonds is 5. The highest BCUT2D eigenvalue weighted by Crippen LogP contribution is 2.04. The van der Waals surface area contributed by atoms with E-state index in [1.807, 2.05) is 0 Å². The SMILES string of the molecule is [2H]C([2H])([2H])n1cnc2c1c(=O)n(C([2H])([2H])C([2H])([2H])C([2H])([2H])C([2H])([2H])C([2H])([2H])C([2H])([2H])[2H])c(=O)n2C. The lowest BCUT2D eigenvalue weighted by Crippen LogP contribution is -2.39. The second-order valence-corrected chi connectivity index (χ2v) is 3.38. The van der Waals surface area contributed by atoms with E-state index in [9.17, 15) is 9.59 Å². The zero-order valence-corrected chi connectivity index (χ0v) is 9.68. The maximum absolute atomic E-state index is 13.1. The molecule has 6 nitrogen and oxygen atoms in total. The summed E-state index contributed by atoms with van der Waals surface area (Å²) in [6.07, 6.45) is -16.3. The van der Waals surface area contributed by atoms with Gasteiger partial charge in [0, 0.05) is 39.7 Å². The number of aromatic nitrogens is 4. The van der Waals surface area contributed by atoms with E-state index in [1.165, 1.54) is 0 Å². The van der Waals surface area contributed by atoms with Crippen LogP contribution in [0.3, 0.4) is 0 Å². The van der Waals surface area contributed by atoms with Crippen LogP contribution in [0.15, 0.2) is 15.9 Å². The maximum Gasteiger partial charge on any atom is 0.332 e. The van der Waals surface area contributed by atoms with Crippen LogP contribution < -0.4 is 11.2 Å². The minimum atomic E-state index is -4.33. The molecule has 0 unspecified atom stereocenters. The van der Waals surface area contributed by atoms with Gasteiger partial charge in [0.15, 0.2) is 11.2 Å². The summed E-state index contributed by atoms with van der Waals surface area (Å²) in [6.45, 7) is -11.0. The van der Waals surface area contributed by atoms with Crippen molar-refractivity contribution in [2.75, 3.05) is 0 Å². The van der Waals surface area contributed by atoms with E-state index in [0.29, 0.717) is 15.5 Å². The fraction of sp³-hybridized carbons (Fsp3) is 0.615. The summed E-state index contributed by atoms with van der Waals surface area (Å²) in [6, 6.07) is 0. The molecule has 0 spiro atoms. The van der Waals surface area contributed by atoms with Gasteiger partial charge in [-0.05, 0) is 6.37 Å². The summed E-state index contributed by atoms with van der Waals surface area (Å²) in [5, 5.41) is 0. The standard InChI is InChI=1S/C13H20N4O2/c1-4-5-6-7-8-17-12(18)10-11(14-9-15(10)2)16(3)13(17)19/h9H,4-8H2,1-3H3/i1D3,2D3,4D2,5D2,6D2,7D2,8D2. The summed E-state index contributed by atoms with van der Waals surface area (Å²) < 4.78 is 124. The fourth-order valence-electron chi connectivity index (χ4n) is 1.46. The van der Waals surface area contributed by atoms with Crippen LogP contribution in [0.25, 0.3) is 11.2 Å². The highest BCUT2D eigenvalue weighted by Gasteiger charge is 2.14. The normalized spacial score (nSPS) is 28.9. The largest absolute Gasteiger partial charge is 0.332 e. The molecule has 0 atom stereocenters. The van der Waals surface area contributed by atoms with Gasteiger partial charge in [0.2, 0.25) is 0 Å². The molecule has 0 fully saturated rings. The Morgan fingerprint density at radius 2 is 2.21 bits per heavy atom. The second-order valence-electron chi connectivity index (χ2n) is 3.38. The summed E-state index contributed by atoms with van der Waals surface area (Å²) >= 11 is 0. The molecule has 2 heterocycles. The summed E-state index contributed by atoms with van der Waals surface area (Å²) in [7, 11) is 0.935. The molecular weight excluding hydrogens is 244 g/mol. The van der Waals surface area contributed by atoms with Crippen LogP contribution in [0.2, 0.25) is 0 Å². The van der Waals surface area contributed by atoms with Crippen molar-refractivity contribution >= 4 is 11.2 Å². The molecular formula is C13H20N4O2. The van der Waals surface area contributed by atoms with E-state index in [1.54, 1.807) is 0 Å².